The summed E-state index contributed by atoms with van der Waals surface area (Å²) in [6, 6.07) is 6.01. The Hall–Kier alpha value is -0.890. The summed E-state index contributed by atoms with van der Waals surface area (Å²) in [5.41, 5.74) is 2.32. The van der Waals surface area contributed by atoms with E-state index in [1.807, 2.05) is 12.1 Å². The summed E-state index contributed by atoms with van der Waals surface area (Å²) >= 11 is 6.06. The highest BCUT2D eigenvalue weighted by Gasteiger charge is 2.04. The zero-order chi connectivity index (χ0) is 14.1. The zero-order valence-electron chi connectivity index (χ0n) is 12.5. The van der Waals surface area contributed by atoms with E-state index in [1.165, 1.54) is 44.2 Å². The van der Waals surface area contributed by atoms with Crippen molar-refractivity contribution in [1.82, 2.24) is 0 Å². The predicted molar refractivity (Wildman–Crippen MR) is 87.6 cm³/mol. The highest BCUT2D eigenvalue weighted by Crippen LogP contribution is 2.27. The van der Waals surface area contributed by atoms with E-state index in [1.54, 1.807) is 0 Å². The second-order valence-electron chi connectivity index (χ2n) is 5.25. The summed E-state index contributed by atoms with van der Waals surface area (Å²) in [6.07, 6.45) is 7.94. The average Bonchev–Trinajstić information content (AvgIpc) is 2.37. The largest absolute Gasteiger partial charge is 0.383 e. The number of halogens is 1. The Labute approximate surface area is 123 Å². The van der Waals surface area contributed by atoms with Gasteiger partial charge in [-0.2, -0.15) is 0 Å². The first kappa shape index (κ1) is 16.2. The van der Waals surface area contributed by atoms with Crippen LogP contribution < -0.4 is 10.2 Å². The van der Waals surface area contributed by atoms with Crippen LogP contribution in [-0.4, -0.2) is 20.6 Å². The van der Waals surface area contributed by atoms with E-state index in [0.717, 1.165) is 17.3 Å². The van der Waals surface area contributed by atoms with Gasteiger partial charge in [-0.15, -0.1) is 0 Å². The van der Waals surface area contributed by atoms with Crippen LogP contribution >= 0.6 is 11.6 Å². The van der Waals surface area contributed by atoms with Gasteiger partial charge in [0.15, 0.2) is 0 Å². The molecule has 0 aliphatic carbocycles. The van der Waals surface area contributed by atoms with Crippen LogP contribution in [0.5, 0.6) is 0 Å². The maximum absolute atomic E-state index is 6.06. The molecule has 0 fully saturated rings. The Balaban J connectivity index is 2.34. The molecule has 0 radical (unpaired) electrons. The van der Waals surface area contributed by atoms with E-state index >= 15 is 0 Å². The normalized spacial score (nSPS) is 10.5. The molecule has 0 unspecified atom stereocenters. The fraction of sp³-hybridized carbons (Fsp3) is 0.625. The summed E-state index contributed by atoms with van der Waals surface area (Å²) in [6.45, 7) is 3.27. The molecule has 1 N–H and O–H groups in total. The fourth-order valence-corrected chi connectivity index (χ4v) is 2.34. The van der Waals surface area contributed by atoms with Gasteiger partial charge in [0.05, 0.1) is 11.4 Å². The van der Waals surface area contributed by atoms with Crippen molar-refractivity contribution < 1.29 is 0 Å². The smallest absolute Gasteiger partial charge is 0.0597 e. The SMILES string of the molecule is CCCCCCCCNc1cc(Cl)ccc1N(C)C. The quantitative estimate of drug-likeness (QED) is 0.628. The summed E-state index contributed by atoms with van der Waals surface area (Å²) in [4.78, 5) is 2.11. The first-order valence-corrected chi connectivity index (χ1v) is 7.73. The van der Waals surface area contributed by atoms with Crippen molar-refractivity contribution in [2.75, 3.05) is 30.9 Å². The van der Waals surface area contributed by atoms with E-state index in [4.69, 9.17) is 11.6 Å². The van der Waals surface area contributed by atoms with Gasteiger partial charge in [-0.1, -0.05) is 50.6 Å². The number of hydrogen-bond acceptors (Lipinski definition) is 2. The van der Waals surface area contributed by atoms with E-state index in [0.29, 0.717) is 0 Å². The standard InChI is InChI=1S/C16H27ClN2/c1-4-5-6-7-8-9-12-18-15-13-14(17)10-11-16(15)19(2)3/h10-11,13,18H,4-9,12H2,1-3H3. The van der Waals surface area contributed by atoms with Gasteiger partial charge in [0.2, 0.25) is 0 Å². The first-order chi connectivity index (χ1) is 9.15. The van der Waals surface area contributed by atoms with Gasteiger partial charge in [-0.05, 0) is 24.6 Å². The van der Waals surface area contributed by atoms with Crippen LogP contribution in [0.15, 0.2) is 18.2 Å². The van der Waals surface area contributed by atoms with Crippen LogP contribution in [0.1, 0.15) is 45.4 Å². The topological polar surface area (TPSA) is 15.3 Å². The molecule has 0 heterocycles. The number of nitrogens with one attached hydrogen (secondary N) is 1. The van der Waals surface area contributed by atoms with Gasteiger partial charge in [-0.3, -0.25) is 0 Å². The minimum atomic E-state index is 0.788. The van der Waals surface area contributed by atoms with Crippen LogP contribution in [0.3, 0.4) is 0 Å². The molecule has 2 nitrogen and oxygen atoms in total. The Kier molecular flexibility index (Phi) is 7.73. The molecule has 0 aliphatic rings. The third-order valence-corrected chi connectivity index (χ3v) is 3.52. The van der Waals surface area contributed by atoms with Crippen molar-refractivity contribution in [2.45, 2.75) is 45.4 Å². The fourth-order valence-electron chi connectivity index (χ4n) is 2.17. The second kappa shape index (κ2) is 9.08. The van der Waals surface area contributed by atoms with Crippen LogP contribution in [0.2, 0.25) is 5.02 Å². The highest BCUT2D eigenvalue weighted by atomic mass is 35.5. The molecule has 1 aromatic rings. The molecule has 1 rings (SSSR count). The summed E-state index contributed by atoms with van der Waals surface area (Å²) in [5.74, 6) is 0. The number of hydrogen-bond donors (Lipinski definition) is 1. The molecule has 0 aliphatic heterocycles. The Bertz CT molecular complexity index is 364. The molecule has 0 spiro atoms. The first-order valence-electron chi connectivity index (χ1n) is 7.36. The molecule has 108 valence electrons. The Morgan fingerprint density at radius 2 is 1.74 bits per heavy atom. The number of nitrogens with zero attached hydrogens (tertiary/aromatic N) is 1. The van der Waals surface area contributed by atoms with Gasteiger partial charge < -0.3 is 10.2 Å². The molecule has 0 saturated heterocycles. The number of anilines is 2. The molecule has 0 bridgehead atoms. The molecule has 0 saturated carbocycles. The lowest BCUT2D eigenvalue weighted by atomic mass is 10.1. The van der Waals surface area contributed by atoms with Crippen LogP contribution in [0, 0.1) is 0 Å². The lowest BCUT2D eigenvalue weighted by molar-refractivity contribution is 0.617. The monoisotopic (exact) mass is 282 g/mol. The van der Waals surface area contributed by atoms with Gasteiger partial charge in [-0.25, -0.2) is 0 Å². The van der Waals surface area contributed by atoms with Crippen molar-refractivity contribution in [1.29, 1.82) is 0 Å². The van der Waals surface area contributed by atoms with Gasteiger partial charge in [0, 0.05) is 25.7 Å². The van der Waals surface area contributed by atoms with E-state index in [9.17, 15) is 0 Å². The van der Waals surface area contributed by atoms with E-state index in [-0.39, 0.29) is 0 Å². The summed E-state index contributed by atoms with van der Waals surface area (Å²) < 4.78 is 0. The third-order valence-electron chi connectivity index (χ3n) is 3.29. The van der Waals surface area contributed by atoms with Crippen molar-refractivity contribution >= 4 is 23.0 Å². The van der Waals surface area contributed by atoms with Crippen LogP contribution in [0.25, 0.3) is 0 Å². The zero-order valence-corrected chi connectivity index (χ0v) is 13.3. The lowest BCUT2D eigenvalue weighted by Crippen LogP contribution is -2.12. The molecule has 3 heteroatoms. The molecule has 19 heavy (non-hydrogen) atoms. The Morgan fingerprint density at radius 3 is 2.42 bits per heavy atom. The van der Waals surface area contributed by atoms with Crippen molar-refractivity contribution in [3.05, 3.63) is 23.2 Å². The van der Waals surface area contributed by atoms with Crippen molar-refractivity contribution in [3.8, 4) is 0 Å². The molecule has 0 amide bonds. The summed E-state index contributed by atoms with van der Waals surface area (Å²) in [7, 11) is 4.11. The average molecular weight is 283 g/mol. The third kappa shape index (κ3) is 6.20. The van der Waals surface area contributed by atoms with Gasteiger partial charge >= 0.3 is 0 Å². The van der Waals surface area contributed by atoms with Gasteiger partial charge in [0.25, 0.3) is 0 Å². The van der Waals surface area contributed by atoms with E-state index < -0.39 is 0 Å². The molecular weight excluding hydrogens is 256 g/mol. The molecule has 0 atom stereocenters. The van der Waals surface area contributed by atoms with Gasteiger partial charge in [0.1, 0.15) is 0 Å². The second-order valence-corrected chi connectivity index (χ2v) is 5.69. The van der Waals surface area contributed by atoms with Crippen LogP contribution in [0.4, 0.5) is 11.4 Å². The van der Waals surface area contributed by atoms with Crippen molar-refractivity contribution in [2.24, 2.45) is 0 Å². The minimum Gasteiger partial charge on any atom is -0.383 e. The highest BCUT2D eigenvalue weighted by molar-refractivity contribution is 6.31. The number of unbranched alkanes of at least 4 members (excludes halogenated alkanes) is 5. The van der Waals surface area contributed by atoms with Crippen molar-refractivity contribution in [3.63, 3.8) is 0 Å². The maximum atomic E-state index is 6.06. The number of benzene rings is 1. The number of rotatable bonds is 9. The summed E-state index contributed by atoms with van der Waals surface area (Å²) in [5, 5.41) is 4.29. The van der Waals surface area contributed by atoms with E-state index in [2.05, 4.69) is 37.3 Å². The lowest BCUT2D eigenvalue weighted by Gasteiger charge is -2.18. The predicted octanol–water partition coefficient (Wildman–Crippen LogP) is 5.18. The molecular formula is C16H27ClN2. The maximum Gasteiger partial charge on any atom is 0.0597 e. The molecule has 1 aromatic carbocycles. The minimum absolute atomic E-state index is 0.788. The molecule has 0 aromatic heterocycles. The Morgan fingerprint density at radius 1 is 1.05 bits per heavy atom. The van der Waals surface area contributed by atoms with Crippen LogP contribution in [-0.2, 0) is 0 Å².